The highest BCUT2D eigenvalue weighted by Gasteiger charge is 2.41. The molecule has 0 aromatic heterocycles. The molecule has 160 valence electrons. The van der Waals surface area contributed by atoms with Crippen molar-refractivity contribution in [2.45, 2.75) is 45.1 Å². The second-order valence-corrected chi connectivity index (χ2v) is 8.25. The van der Waals surface area contributed by atoms with Crippen LogP contribution in [0.1, 0.15) is 48.5 Å². The minimum atomic E-state index is -1.06. The van der Waals surface area contributed by atoms with Crippen LogP contribution in [0.2, 0.25) is 0 Å². The van der Waals surface area contributed by atoms with Crippen LogP contribution in [0, 0.1) is 12.8 Å². The zero-order valence-electron chi connectivity index (χ0n) is 17.8. The molecule has 30 heavy (non-hydrogen) atoms. The van der Waals surface area contributed by atoms with Crippen LogP contribution in [-0.4, -0.2) is 47.0 Å². The van der Waals surface area contributed by atoms with Crippen LogP contribution in [0.3, 0.4) is 0 Å². The third kappa shape index (κ3) is 5.55. The molecule has 3 rings (SSSR count). The molecule has 2 aromatic rings. The van der Waals surface area contributed by atoms with Crippen molar-refractivity contribution in [1.82, 2.24) is 4.90 Å². The molecular formula is C25H31NO4. The molecule has 1 saturated heterocycles. The molecule has 1 heterocycles. The Kier molecular flexibility index (Phi) is 7.40. The van der Waals surface area contributed by atoms with Crippen LogP contribution in [0.5, 0.6) is 5.75 Å². The maximum atomic E-state index is 12.6. The molecule has 1 fully saturated rings. The third-order valence-electron chi connectivity index (χ3n) is 6.16. The van der Waals surface area contributed by atoms with E-state index in [2.05, 4.69) is 4.90 Å². The highest BCUT2D eigenvalue weighted by Crippen LogP contribution is 2.31. The van der Waals surface area contributed by atoms with Crippen LogP contribution in [-0.2, 0) is 4.79 Å². The summed E-state index contributed by atoms with van der Waals surface area (Å²) >= 11 is 0. The van der Waals surface area contributed by atoms with Gasteiger partial charge in [-0.05, 0) is 51.3 Å². The molecule has 0 aliphatic carbocycles. The van der Waals surface area contributed by atoms with Gasteiger partial charge in [0.1, 0.15) is 5.75 Å². The van der Waals surface area contributed by atoms with Gasteiger partial charge in [-0.25, -0.2) is 0 Å². The number of aliphatic hydroxyl groups is 1. The number of esters is 1. The maximum absolute atomic E-state index is 12.6. The summed E-state index contributed by atoms with van der Waals surface area (Å²) in [6, 6.07) is 16.7. The smallest absolute Gasteiger partial charge is 0.316 e. The number of hydrogen-bond acceptors (Lipinski definition) is 5. The van der Waals surface area contributed by atoms with E-state index in [1.165, 1.54) is 0 Å². The van der Waals surface area contributed by atoms with E-state index < -0.39 is 17.5 Å². The normalized spacial score (nSPS) is 17.3. The van der Waals surface area contributed by atoms with E-state index in [1.54, 1.807) is 13.0 Å². The van der Waals surface area contributed by atoms with Crippen LogP contribution >= 0.6 is 0 Å². The number of piperidine rings is 1. The molecule has 1 atom stereocenters. The number of hydrogen-bond donors (Lipinski definition) is 1. The first kappa shape index (κ1) is 22.2. The molecule has 1 aliphatic heterocycles. The number of Topliss-reactive ketones (excluding diaryl/α,β-unsaturated/α-hetero) is 1. The Bertz CT molecular complexity index is 856. The van der Waals surface area contributed by atoms with Gasteiger partial charge >= 0.3 is 5.97 Å². The van der Waals surface area contributed by atoms with Crippen molar-refractivity contribution in [2.24, 2.45) is 5.92 Å². The minimum absolute atomic E-state index is 0.164. The number of ketones is 1. The first-order valence-electron chi connectivity index (χ1n) is 10.7. The van der Waals surface area contributed by atoms with Crippen molar-refractivity contribution in [3.8, 4) is 5.75 Å². The summed E-state index contributed by atoms with van der Waals surface area (Å²) < 4.78 is 5.54. The van der Waals surface area contributed by atoms with Gasteiger partial charge in [0, 0.05) is 25.1 Å². The largest absolute Gasteiger partial charge is 0.426 e. The predicted octanol–water partition coefficient (Wildman–Crippen LogP) is 4.03. The number of para-hydroxylation sites is 1. The summed E-state index contributed by atoms with van der Waals surface area (Å²) in [6.07, 6.45) is 2.34. The summed E-state index contributed by atoms with van der Waals surface area (Å²) in [5.74, 6) is -0.289. The lowest BCUT2D eigenvalue weighted by Crippen LogP contribution is -2.51. The number of nitrogens with zero attached hydrogens (tertiary/aromatic N) is 1. The molecule has 1 N–H and O–H groups in total. The predicted molar refractivity (Wildman–Crippen MR) is 117 cm³/mol. The van der Waals surface area contributed by atoms with Gasteiger partial charge in [0.05, 0.1) is 11.5 Å². The van der Waals surface area contributed by atoms with Crippen LogP contribution in [0.25, 0.3) is 0 Å². The highest BCUT2D eigenvalue weighted by atomic mass is 16.5. The zero-order chi connectivity index (χ0) is 21.6. The van der Waals surface area contributed by atoms with E-state index >= 15 is 0 Å². The van der Waals surface area contributed by atoms with Gasteiger partial charge in [-0.15, -0.1) is 0 Å². The maximum Gasteiger partial charge on any atom is 0.316 e. The van der Waals surface area contributed by atoms with E-state index in [9.17, 15) is 14.7 Å². The third-order valence-corrected chi connectivity index (χ3v) is 6.16. The molecular weight excluding hydrogens is 378 g/mol. The average Bonchev–Trinajstić information content (AvgIpc) is 2.76. The summed E-state index contributed by atoms with van der Waals surface area (Å²) in [5, 5.41) is 11.1. The summed E-state index contributed by atoms with van der Waals surface area (Å²) in [5.41, 5.74) is 0.590. The summed E-state index contributed by atoms with van der Waals surface area (Å²) in [6.45, 7) is 5.87. The van der Waals surface area contributed by atoms with Gasteiger partial charge in [-0.3, -0.25) is 9.59 Å². The number of benzene rings is 2. The van der Waals surface area contributed by atoms with Crippen molar-refractivity contribution in [1.29, 1.82) is 0 Å². The fourth-order valence-corrected chi connectivity index (χ4v) is 3.92. The molecule has 0 radical (unpaired) electrons. The second-order valence-electron chi connectivity index (χ2n) is 8.25. The number of ether oxygens (including phenoxy) is 1. The van der Waals surface area contributed by atoms with Crippen molar-refractivity contribution >= 4 is 11.8 Å². The molecule has 1 aliphatic rings. The van der Waals surface area contributed by atoms with Crippen LogP contribution in [0.15, 0.2) is 54.6 Å². The monoisotopic (exact) mass is 409 g/mol. The highest BCUT2D eigenvalue weighted by molar-refractivity contribution is 5.95. The van der Waals surface area contributed by atoms with Crippen molar-refractivity contribution in [2.75, 3.05) is 19.6 Å². The van der Waals surface area contributed by atoms with Gasteiger partial charge in [-0.1, -0.05) is 48.5 Å². The Labute approximate surface area is 178 Å². The number of carbonyl (C=O) groups is 2. The van der Waals surface area contributed by atoms with Crippen molar-refractivity contribution in [3.05, 3.63) is 65.7 Å². The van der Waals surface area contributed by atoms with Crippen molar-refractivity contribution < 1.29 is 19.4 Å². The Morgan fingerprint density at radius 1 is 1.07 bits per heavy atom. The fraction of sp³-hybridized carbons (Fsp3) is 0.440. The number of aryl methyl sites for hydroxylation is 1. The quantitative estimate of drug-likeness (QED) is 0.405. The molecule has 2 aromatic carbocycles. The number of rotatable bonds is 8. The van der Waals surface area contributed by atoms with Gasteiger partial charge in [-0.2, -0.15) is 0 Å². The van der Waals surface area contributed by atoms with Crippen LogP contribution in [0.4, 0.5) is 0 Å². The molecule has 0 amide bonds. The van der Waals surface area contributed by atoms with Gasteiger partial charge in [0.25, 0.3) is 0 Å². The van der Waals surface area contributed by atoms with Gasteiger partial charge in [0.2, 0.25) is 0 Å². The molecule has 1 unspecified atom stereocenters. The van der Waals surface area contributed by atoms with E-state index in [0.717, 1.165) is 24.1 Å². The number of carbonyl (C=O) groups excluding carboxylic acids is 2. The Hall–Kier alpha value is -2.50. The zero-order valence-corrected chi connectivity index (χ0v) is 17.8. The van der Waals surface area contributed by atoms with E-state index in [4.69, 9.17) is 4.74 Å². The molecule has 5 heteroatoms. The lowest BCUT2D eigenvalue weighted by molar-refractivity contribution is -0.151. The standard InChI is InChI=1S/C25H31NO4/c1-19-9-6-7-13-23(19)30-24(28)20(2)25(29)14-17-26(18-15-25)16-8-12-22(27)21-10-4-3-5-11-21/h3-7,9-11,13,20,29H,8,12,14-18H2,1-2H3. The van der Waals surface area contributed by atoms with E-state index in [1.807, 2.05) is 55.5 Å². The Morgan fingerprint density at radius 2 is 1.70 bits per heavy atom. The topological polar surface area (TPSA) is 66.8 Å². The first-order chi connectivity index (χ1) is 14.4. The summed E-state index contributed by atoms with van der Waals surface area (Å²) in [7, 11) is 0. The average molecular weight is 410 g/mol. The van der Waals surface area contributed by atoms with Gasteiger partial charge < -0.3 is 14.7 Å². The second kappa shape index (κ2) is 10.0. The first-order valence-corrected chi connectivity index (χ1v) is 10.7. The lowest BCUT2D eigenvalue weighted by atomic mass is 9.80. The number of likely N-dealkylation sites (tertiary alicyclic amines) is 1. The van der Waals surface area contributed by atoms with E-state index in [-0.39, 0.29) is 5.78 Å². The molecule has 0 spiro atoms. The van der Waals surface area contributed by atoms with Gasteiger partial charge in [0.15, 0.2) is 5.78 Å². The minimum Gasteiger partial charge on any atom is -0.426 e. The SMILES string of the molecule is Cc1ccccc1OC(=O)C(C)C1(O)CCN(CCCC(=O)c2ccccc2)CC1. The molecule has 0 saturated carbocycles. The van der Waals surface area contributed by atoms with Crippen LogP contribution < -0.4 is 4.74 Å². The van der Waals surface area contributed by atoms with Crippen molar-refractivity contribution in [3.63, 3.8) is 0 Å². The lowest BCUT2D eigenvalue weighted by Gasteiger charge is -2.40. The fourth-order valence-electron chi connectivity index (χ4n) is 3.92. The molecule has 0 bridgehead atoms. The Morgan fingerprint density at radius 3 is 2.37 bits per heavy atom. The summed E-state index contributed by atoms with van der Waals surface area (Å²) in [4.78, 5) is 27.1. The Balaban J connectivity index is 1.44. The molecule has 5 nitrogen and oxygen atoms in total. The van der Waals surface area contributed by atoms with E-state index in [0.29, 0.717) is 38.1 Å².